The fourth-order valence-electron chi connectivity index (χ4n) is 1.91. The van der Waals surface area contributed by atoms with Gasteiger partial charge in [0, 0.05) is 25.4 Å². The van der Waals surface area contributed by atoms with Crippen molar-refractivity contribution in [3.05, 3.63) is 47.3 Å². The minimum absolute atomic E-state index is 0.356. The summed E-state index contributed by atoms with van der Waals surface area (Å²) >= 11 is 0. The molecule has 0 bridgehead atoms. The van der Waals surface area contributed by atoms with Crippen LogP contribution in [0.1, 0.15) is 16.7 Å². The second kappa shape index (κ2) is 5.69. The number of nitrogens with zero attached hydrogens (tertiary/aromatic N) is 2. The van der Waals surface area contributed by atoms with Crippen molar-refractivity contribution in [3.63, 3.8) is 0 Å². The van der Waals surface area contributed by atoms with Crippen LogP contribution in [0.25, 0.3) is 0 Å². The first-order valence-electron chi connectivity index (χ1n) is 6.12. The summed E-state index contributed by atoms with van der Waals surface area (Å²) in [4.78, 5) is 0. The van der Waals surface area contributed by atoms with Gasteiger partial charge >= 0.3 is 0 Å². The van der Waals surface area contributed by atoms with E-state index in [4.69, 9.17) is 0 Å². The van der Waals surface area contributed by atoms with Gasteiger partial charge in [-0.1, -0.05) is 17.7 Å². The maximum Gasteiger partial charge on any atom is 0.120 e. The molecule has 4 heteroatoms. The summed E-state index contributed by atoms with van der Waals surface area (Å²) in [7, 11) is 1.92. The predicted octanol–water partition coefficient (Wildman–Crippen LogP) is 1.77. The Hall–Kier alpha value is -1.81. The summed E-state index contributed by atoms with van der Waals surface area (Å²) in [6.07, 6.45) is 4.85. The van der Waals surface area contributed by atoms with Crippen LogP contribution in [-0.4, -0.2) is 21.4 Å². The molecule has 4 nitrogen and oxygen atoms in total. The van der Waals surface area contributed by atoms with Gasteiger partial charge in [0.05, 0.1) is 6.20 Å². The summed E-state index contributed by atoms with van der Waals surface area (Å²) in [5.74, 6) is 0.356. The Bertz CT molecular complexity index is 520. The van der Waals surface area contributed by atoms with Crippen LogP contribution in [0, 0.1) is 6.92 Å². The molecule has 0 saturated carbocycles. The Morgan fingerprint density at radius 3 is 2.94 bits per heavy atom. The molecule has 0 amide bonds. The topological polar surface area (TPSA) is 50.1 Å². The lowest BCUT2D eigenvalue weighted by Gasteiger charge is -2.07. The number of rotatable bonds is 5. The van der Waals surface area contributed by atoms with Crippen LogP contribution in [0.15, 0.2) is 30.6 Å². The van der Waals surface area contributed by atoms with Crippen LogP contribution < -0.4 is 5.32 Å². The summed E-state index contributed by atoms with van der Waals surface area (Å²) < 4.78 is 1.81. The van der Waals surface area contributed by atoms with Gasteiger partial charge in [-0.05, 0) is 31.5 Å². The van der Waals surface area contributed by atoms with Gasteiger partial charge in [-0.2, -0.15) is 5.10 Å². The Morgan fingerprint density at radius 2 is 2.22 bits per heavy atom. The minimum atomic E-state index is 0.356. The lowest BCUT2D eigenvalue weighted by atomic mass is 10.1. The number of aromatic hydroxyl groups is 1. The zero-order valence-corrected chi connectivity index (χ0v) is 10.8. The monoisotopic (exact) mass is 245 g/mol. The molecule has 2 N–H and O–H groups in total. The van der Waals surface area contributed by atoms with Gasteiger partial charge in [-0.25, -0.2) is 0 Å². The third-order valence-corrected chi connectivity index (χ3v) is 2.90. The maximum absolute atomic E-state index is 9.70. The molecule has 1 aromatic heterocycles. The number of nitrogens with one attached hydrogen (secondary N) is 1. The fourth-order valence-corrected chi connectivity index (χ4v) is 1.91. The van der Waals surface area contributed by atoms with Crippen LogP contribution in [0.2, 0.25) is 0 Å². The molecule has 18 heavy (non-hydrogen) atoms. The Morgan fingerprint density at radius 1 is 1.39 bits per heavy atom. The van der Waals surface area contributed by atoms with Crippen LogP contribution in [0.5, 0.6) is 5.75 Å². The number of phenolic OH excluding ortho intramolecular Hbond substituents is 1. The van der Waals surface area contributed by atoms with E-state index in [2.05, 4.69) is 10.4 Å². The average Bonchev–Trinajstić information content (AvgIpc) is 2.75. The number of aromatic nitrogens is 2. The summed E-state index contributed by atoms with van der Waals surface area (Å²) in [6.45, 7) is 3.59. The molecular formula is C14H19N3O. The minimum Gasteiger partial charge on any atom is -0.508 e. The van der Waals surface area contributed by atoms with Crippen molar-refractivity contribution in [2.75, 3.05) is 6.54 Å². The normalized spacial score (nSPS) is 10.8. The highest BCUT2D eigenvalue weighted by molar-refractivity contribution is 5.35. The number of hydrogen-bond acceptors (Lipinski definition) is 3. The first kappa shape index (κ1) is 12.6. The summed E-state index contributed by atoms with van der Waals surface area (Å²) in [5.41, 5.74) is 3.33. The highest BCUT2D eigenvalue weighted by Gasteiger charge is 2.01. The van der Waals surface area contributed by atoms with E-state index in [0.29, 0.717) is 12.3 Å². The van der Waals surface area contributed by atoms with Gasteiger partial charge in [0.25, 0.3) is 0 Å². The van der Waals surface area contributed by atoms with Crippen molar-refractivity contribution >= 4 is 0 Å². The molecule has 1 aromatic carbocycles. The molecule has 0 aliphatic carbocycles. The Kier molecular flexibility index (Phi) is 3.99. The highest BCUT2D eigenvalue weighted by Crippen LogP contribution is 2.17. The van der Waals surface area contributed by atoms with Crippen molar-refractivity contribution in [2.45, 2.75) is 19.9 Å². The SMILES string of the molecule is Cc1ccc(O)c(CNCCc2cnn(C)c2)c1. The van der Waals surface area contributed by atoms with Gasteiger partial charge in [0.2, 0.25) is 0 Å². The van der Waals surface area contributed by atoms with E-state index in [1.165, 1.54) is 5.56 Å². The standard InChI is InChI=1S/C14H19N3O/c1-11-3-4-14(18)13(7-11)9-15-6-5-12-8-16-17(2)10-12/h3-4,7-8,10,15,18H,5-6,9H2,1-2H3. The number of benzene rings is 1. The molecule has 2 rings (SSSR count). The molecule has 0 aliphatic rings. The van der Waals surface area contributed by atoms with Gasteiger partial charge in [-0.3, -0.25) is 4.68 Å². The molecule has 0 radical (unpaired) electrons. The largest absolute Gasteiger partial charge is 0.508 e. The van der Waals surface area contributed by atoms with E-state index in [0.717, 1.165) is 24.1 Å². The van der Waals surface area contributed by atoms with Crippen LogP contribution >= 0.6 is 0 Å². The van der Waals surface area contributed by atoms with Crippen LogP contribution in [0.4, 0.5) is 0 Å². The first-order chi connectivity index (χ1) is 8.65. The molecule has 2 aromatic rings. The van der Waals surface area contributed by atoms with Crippen molar-refractivity contribution in [2.24, 2.45) is 7.05 Å². The number of hydrogen-bond donors (Lipinski definition) is 2. The lowest BCUT2D eigenvalue weighted by molar-refractivity contribution is 0.464. The Labute approximate surface area is 107 Å². The van der Waals surface area contributed by atoms with Crippen LogP contribution in [-0.2, 0) is 20.0 Å². The molecule has 0 spiro atoms. The molecule has 0 saturated heterocycles. The van der Waals surface area contributed by atoms with E-state index in [1.54, 1.807) is 6.07 Å². The molecule has 0 aliphatic heterocycles. The molecule has 0 atom stereocenters. The van der Waals surface area contributed by atoms with Gasteiger partial charge in [-0.15, -0.1) is 0 Å². The molecule has 96 valence electrons. The average molecular weight is 245 g/mol. The van der Waals surface area contributed by atoms with Crippen molar-refractivity contribution in [1.82, 2.24) is 15.1 Å². The third kappa shape index (κ3) is 3.34. The number of aryl methyl sites for hydroxylation is 2. The van der Waals surface area contributed by atoms with Crippen molar-refractivity contribution in [1.29, 1.82) is 0 Å². The van der Waals surface area contributed by atoms with Gasteiger partial charge in [0.1, 0.15) is 5.75 Å². The predicted molar refractivity (Wildman–Crippen MR) is 71.5 cm³/mol. The first-order valence-corrected chi connectivity index (χ1v) is 6.12. The molecule has 0 unspecified atom stereocenters. The van der Waals surface area contributed by atoms with Crippen molar-refractivity contribution < 1.29 is 5.11 Å². The quantitative estimate of drug-likeness (QED) is 0.789. The van der Waals surface area contributed by atoms with E-state index in [9.17, 15) is 5.11 Å². The van der Waals surface area contributed by atoms with E-state index in [-0.39, 0.29) is 0 Å². The van der Waals surface area contributed by atoms with Crippen LogP contribution in [0.3, 0.4) is 0 Å². The zero-order chi connectivity index (χ0) is 13.0. The fraction of sp³-hybridized carbons (Fsp3) is 0.357. The Balaban J connectivity index is 1.80. The lowest BCUT2D eigenvalue weighted by Crippen LogP contribution is -2.16. The van der Waals surface area contributed by atoms with E-state index < -0.39 is 0 Å². The van der Waals surface area contributed by atoms with Gasteiger partial charge < -0.3 is 10.4 Å². The summed E-state index contributed by atoms with van der Waals surface area (Å²) in [5, 5.41) is 17.2. The maximum atomic E-state index is 9.70. The second-order valence-electron chi connectivity index (χ2n) is 4.58. The molecule has 1 heterocycles. The second-order valence-corrected chi connectivity index (χ2v) is 4.58. The number of phenols is 1. The van der Waals surface area contributed by atoms with E-state index >= 15 is 0 Å². The third-order valence-electron chi connectivity index (χ3n) is 2.90. The zero-order valence-electron chi connectivity index (χ0n) is 10.8. The molecule has 0 fully saturated rings. The molecular weight excluding hydrogens is 226 g/mol. The van der Waals surface area contributed by atoms with Gasteiger partial charge in [0.15, 0.2) is 0 Å². The van der Waals surface area contributed by atoms with Crippen molar-refractivity contribution in [3.8, 4) is 5.75 Å². The summed E-state index contributed by atoms with van der Waals surface area (Å²) in [6, 6.07) is 5.66. The van der Waals surface area contributed by atoms with E-state index in [1.807, 2.05) is 43.2 Å². The highest BCUT2D eigenvalue weighted by atomic mass is 16.3. The smallest absolute Gasteiger partial charge is 0.120 e.